The van der Waals surface area contributed by atoms with Gasteiger partial charge in [0.25, 0.3) is 5.91 Å². The van der Waals surface area contributed by atoms with Gasteiger partial charge in [-0.05, 0) is 75.0 Å². The summed E-state index contributed by atoms with van der Waals surface area (Å²) in [4.78, 5) is 14.5. The standard InChI is InChI=1S/C20H29N3OS/c1-2-20(12-4-5-13-20)22-19(25)21-17-10-8-16(9-11-17)18(24)23-14-6-3-7-15-23/h8-11H,2-7,12-15H2,1H3,(H2,21,22,25). The molecule has 25 heavy (non-hydrogen) atoms. The molecular formula is C20H29N3OS. The average molecular weight is 360 g/mol. The molecule has 1 saturated carbocycles. The van der Waals surface area contributed by atoms with Crippen molar-refractivity contribution in [1.29, 1.82) is 0 Å². The highest BCUT2D eigenvalue weighted by molar-refractivity contribution is 7.80. The van der Waals surface area contributed by atoms with Crippen molar-refractivity contribution in [3.8, 4) is 0 Å². The molecule has 2 N–H and O–H groups in total. The van der Waals surface area contributed by atoms with E-state index in [-0.39, 0.29) is 11.4 Å². The molecule has 1 saturated heterocycles. The molecule has 1 aromatic rings. The zero-order valence-corrected chi connectivity index (χ0v) is 16.0. The summed E-state index contributed by atoms with van der Waals surface area (Å²) in [6, 6.07) is 7.68. The summed E-state index contributed by atoms with van der Waals surface area (Å²) in [5.74, 6) is 0.142. The van der Waals surface area contributed by atoms with E-state index in [0.717, 1.165) is 43.6 Å². The molecular weight excluding hydrogens is 330 g/mol. The van der Waals surface area contributed by atoms with Gasteiger partial charge in [-0.2, -0.15) is 0 Å². The highest BCUT2D eigenvalue weighted by Gasteiger charge is 2.32. The first kappa shape index (κ1) is 18.2. The van der Waals surface area contributed by atoms with Crippen LogP contribution in [0.3, 0.4) is 0 Å². The van der Waals surface area contributed by atoms with Crippen molar-refractivity contribution in [2.24, 2.45) is 0 Å². The van der Waals surface area contributed by atoms with E-state index in [1.807, 2.05) is 29.2 Å². The van der Waals surface area contributed by atoms with Crippen molar-refractivity contribution in [1.82, 2.24) is 10.2 Å². The van der Waals surface area contributed by atoms with E-state index < -0.39 is 0 Å². The molecule has 1 aliphatic heterocycles. The Hall–Kier alpha value is -1.62. The third kappa shape index (κ3) is 4.51. The largest absolute Gasteiger partial charge is 0.357 e. The molecule has 0 radical (unpaired) electrons. The Morgan fingerprint density at radius 2 is 1.72 bits per heavy atom. The number of nitrogens with one attached hydrogen (secondary N) is 2. The van der Waals surface area contributed by atoms with Crippen molar-refractivity contribution in [2.75, 3.05) is 18.4 Å². The van der Waals surface area contributed by atoms with Crippen LogP contribution in [0.5, 0.6) is 0 Å². The first-order valence-electron chi connectivity index (χ1n) is 9.60. The summed E-state index contributed by atoms with van der Waals surface area (Å²) in [7, 11) is 0. The van der Waals surface area contributed by atoms with Crippen LogP contribution in [0.25, 0.3) is 0 Å². The van der Waals surface area contributed by atoms with E-state index in [1.54, 1.807) is 0 Å². The monoisotopic (exact) mass is 359 g/mol. The zero-order chi connectivity index (χ0) is 17.7. The second kappa shape index (κ2) is 8.17. The maximum Gasteiger partial charge on any atom is 0.253 e. The molecule has 3 rings (SSSR count). The Kier molecular flexibility index (Phi) is 5.94. The van der Waals surface area contributed by atoms with Gasteiger partial charge in [-0.1, -0.05) is 19.8 Å². The van der Waals surface area contributed by atoms with Gasteiger partial charge in [-0.3, -0.25) is 4.79 Å². The number of amides is 1. The van der Waals surface area contributed by atoms with Gasteiger partial charge in [-0.25, -0.2) is 0 Å². The second-order valence-electron chi connectivity index (χ2n) is 7.35. The van der Waals surface area contributed by atoms with Crippen molar-refractivity contribution in [2.45, 2.75) is 63.8 Å². The molecule has 1 aromatic carbocycles. The predicted octanol–water partition coefficient (Wildman–Crippen LogP) is 4.32. The average Bonchev–Trinajstić information content (AvgIpc) is 3.11. The molecule has 0 spiro atoms. The number of nitrogens with zero attached hydrogens (tertiary/aromatic N) is 1. The summed E-state index contributed by atoms with van der Waals surface area (Å²) < 4.78 is 0. The highest BCUT2D eigenvalue weighted by Crippen LogP contribution is 2.32. The maximum atomic E-state index is 12.5. The minimum Gasteiger partial charge on any atom is -0.357 e. The molecule has 5 heteroatoms. The van der Waals surface area contributed by atoms with E-state index in [0.29, 0.717) is 5.11 Å². The van der Waals surface area contributed by atoms with Gasteiger partial charge in [0.05, 0.1) is 0 Å². The number of rotatable bonds is 4. The molecule has 0 unspecified atom stereocenters. The van der Waals surface area contributed by atoms with Gasteiger partial charge in [-0.15, -0.1) is 0 Å². The number of hydrogen-bond donors (Lipinski definition) is 2. The van der Waals surface area contributed by atoms with Crippen molar-refractivity contribution < 1.29 is 4.79 Å². The van der Waals surface area contributed by atoms with Crippen LogP contribution in [0, 0.1) is 0 Å². The van der Waals surface area contributed by atoms with Crippen molar-refractivity contribution in [3.63, 3.8) is 0 Å². The van der Waals surface area contributed by atoms with Crippen LogP contribution in [-0.2, 0) is 0 Å². The van der Waals surface area contributed by atoms with Crippen molar-refractivity contribution in [3.05, 3.63) is 29.8 Å². The zero-order valence-electron chi connectivity index (χ0n) is 15.1. The fourth-order valence-electron chi connectivity index (χ4n) is 4.00. The molecule has 0 atom stereocenters. The van der Waals surface area contributed by atoms with Crippen LogP contribution in [0.4, 0.5) is 5.69 Å². The minimum absolute atomic E-state index is 0.142. The SMILES string of the molecule is CCC1(NC(=S)Nc2ccc(C(=O)N3CCCCC3)cc2)CCCC1. The van der Waals surface area contributed by atoms with Crippen LogP contribution >= 0.6 is 12.2 Å². The third-order valence-electron chi connectivity index (χ3n) is 5.65. The Morgan fingerprint density at radius 1 is 1.08 bits per heavy atom. The first-order chi connectivity index (χ1) is 12.1. The van der Waals surface area contributed by atoms with E-state index in [2.05, 4.69) is 17.6 Å². The van der Waals surface area contributed by atoms with Crippen LogP contribution in [-0.4, -0.2) is 34.5 Å². The highest BCUT2D eigenvalue weighted by atomic mass is 32.1. The molecule has 1 heterocycles. The summed E-state index contributed by atoms with van der Waals surface area (Å²) in [5, 5.41) is 7.47. The van der Waals surface area contributed by atoms with E-state index in [1.165, 1.54) is 32.1 Å². The van der Waals surface area contributed by atoms with E-state index >= 15 is 0 Å². The van der Waals surface area contributed by atoms with Gasteiger partial charge in [0, 0.05) is 29.9 Å². The molecule has 0 bridgehead atoms. The Labute approximate surface area is 156 Å². The number of anilines is 1. The second-order valence-corrected chi connectivity index (χ2v) is 7.76. The number of carbonyl (C=O) groups is 1. The minimum atomic E-state index is 0.142. The smallest absolute Gasteiger partial charge is 0.253 e. The topological polar surface area (TPSA) is 44.4 Å². The number of hydrogen-bond acceptors (Lipinski definition) is 2. The lowest BCUT2D eigenvalue weighted by atomic mass is 9.95. The molecule has 2 fully saturated rings. The van der Waals surface area contributed by atoms with Gasteiger partial charge < -0.3 is 15.5 Å². The van der Waals surface area contributed by atoms with Gasteiger partial charge in [0.2, 0.25) is 0 Å². The maximum absolute atomic E-state index is 12.5. The number of benzene rings is 1. The fraction of sp³-hybridized carbons (Fsp3) is 0.600. The Balaban J connectivity index is 1.56. The lowest BCUT2D eigenvalue weighted by molar-refractivity contribution is 0.0724. The van der Waals surface area contributed by atoms with Gasteiger partial charge >= 0.3 is 0 Å². The Morgan fingerprint density at radius 3 is 2.32 bits per heavy atom. The summed E-state index contributed by atoms with van der Waals surface area (Å²) in [5.41, 5.74) is 1.85. The van der Waals surface area contributed by atoms with Crippen LogP contribution < -0.4 is 10.6 Å². The number of thiocarbonyl (C=S) groups is 1. The molecule has 2 aliphatic rings. The van der Waals surface area contributed by atoms with Gasteiger partial charge in [0.15, 0.2) is 5.11 Å². The summed E-state index contributed by atoms with van der Waals surface area (Å²) in [6.45, 7) is 3.99. The normalized spacial score (nSPS) is 19.5. The lowest BCUT2D eigenvalue weighted by Gasteiger charge is -2.30. The van der Waals surface area contributed by atoms with Gasteiger partial charge in [0.1, 0.15) is 0 Å². The van der Waals surface area contributed by atoms with E-state index in [4.69, 9.17) is 12.2 Å². The van der Waals surface area contributed by atoms with Crippen LogP contribution in [0.2, 0.25) is 0 Å². The number of likely N-dealkylation sites (tertiary alicyclic amines) is 1. The van der Waals surface area contributed by atoms with Crippen molar-refractivity contribution >= 4 is 28.9 Å². The van der Waals surface area contributed by atoms with E-state index in [9.17, 15) is 4.79 Å². The summed E-state index contributed by atoms with van der Waals surface area (Å²) in [6.07, 6.45) is 9.49. The fourth-order valence-corrected chi connectivity index (χ4v) is 4.33. The predicted molar refractivity (Wildman–Crippen MR) is 107 cm³/mol. The van der Waals surface area contributed by atoms with Crippen LogP contribution in [0.1, 0.15) is 68.6 Å². The molecule has 0 aromatic heterocycles. The first-order valence-corrected chi connectivity index (χ1v) is 10.0. The molecule has 1 aliphatic carbocycles. The molecule has 1 amide bonds. The third-order valence-corrected chi connectivity index (χ3v) is 5.85. The number of piperidine rings is 1. The molecule has 136 valence electrons. The molecule has 4 nitrogen and oxygen atoms in total. The summed E-state index contributed by atoms with van der Waals surface area (Å²) >= 11 is 5.50. The number of carbonyl (C=O) groups excluding carboxylic acids is 1. The Bertz CT molecular complexity index is 602. The van der Waals surface area contributed by atoms with Crippen LogP contribution in [0.15, 0.2) is 24.3 Å². The quantitative estimate of drug-likeness (QED) is 0.786. The lowest BCUT2D eigenvalue weighted by Crippen LogP contribution is -2.47.